The van der Waals surface area contributed by atoms with Gasteiger partial charge in [0.1, 0.15) is 5.54 Å². The molecule has 1 heterocycles. The van der Waals surface area contributed by atoms with Crippen LogP contribution in [0.4, 0.5) is 0 Å². The molecule has 3 heteroatoms. The van der Waals surface area contributed by atoms with Gasteiger partial charge in [0.15, 0.2) is 0 Å². The van der Waals surface area contributed by atoms with Crippen molar-refractivity contribution in [3.8, 4) is 6.07 Å². The zero-order chi connectivity index (χ0) is 7.61. The molecule has 0 N–H and O–H groups in total. The lowest BCUT2D eigenvalue weighted by molar-refractivity contribution is -0.211. The summed E-state index contributed by atoms with van der Waals surface area (Å²) >= 11 is 0. The highest BCUT2D eigenvalue weighted by molar-refractivity contribution is 5.03. The Bertz CT molecular complexity index is 163. The zero-order valence-electron chi connectivity index (χ0n) is 6.42. The fourth-order valence-electron chi connectivity index (χ4n) is 1.04. The maximum atomic E-state index is 8.75. The summed E-state index contributed by atoms with van der Waals surface area (Å²) in [7, 11) is 1.81. The van der Waals surface area contributed by atoms with Gasteiger partial charge in [-0.25, -0.2) is 0 Å². The summed E-state index contributed by atoms with van der Waals surface area (Å²) in [6.45, 7) is 2.64. The Morgan fingerprint density at radius 3 is 2.80 bits per heavy atom. The van der Waals surface area contributed by atoms with Crippen LogP contribution in [0.15, 0.2) is 0 Å². The Hall–Kier alpha value is -0.590. The fourth-order valence-corrected chi connectivity index (χ4v) is 1.04. The van der Waals surface area contributed by atoms with Crippen LogP contribution in [0.1, 0.15) is 19.8 Å². The van der Waals surface area contributed by atoms with E-state index in [4.69, 9.17) is 10.1 Å². The first-order valence-electron chi connectivity index (χ1n) is 3.47. The van der Waals surface area contributed by atoms with E-state index in [2.05, 4.69) is 6.07 Å². The fraction of sp³-hybridized carbons (Fsp3) is 0.857. The van der Waals surface area contributed by atoms with Crippen LogP contribution in [0.5, 0.6) is 0 Å². The van der Waals surface area contributed by atoms with Crippen molar-refractivity contribution in [1.82, 2.24) is 5.06 Å². The van der Waals surface area contributed by atoms with E-state index in [0.29, 0.717) is 0 Å². The highest BCUT2D eigenvalue weighted by atomic mass is 16.7. The van der Waals surface area contributed by atoms with Crippen LogP contribution in [0.2, 0.25) is 0 Å². The predicted molar refractivity (Wildman–Crippen MR) is 37.0 cm³/mol. The summed E-state index contributed by atoms with van der Waals surface area (Å²) in [6.07, 6.45) is 1.88. The van der Waals surface area contributed by atoms with Gasteiger partial charge in [0, 0.05) is 7.05 Å². The topological polar surface area (TPSA) is 36.3 Å². The van der Waals surface area contributed by atoms with E-state index in [1.165, 1.54) is 0 Å². The van der Waals surface area contributed by atoms with Crippen molar-refractivity contribution in [2.45, 2.75) is 25.3 Å². The SMILES string of the molecule is CN1OCCCC1(C)C#N. The third kappa shape index (κ3) is 1.13. The number of rotatable bonds is 0. The first-order chi connectivity index (χ1) is 4.69. The molecule has 0 bridgehead atoms. The summed E-state index contributed by atoms with van der Waals surface area (Å²) < 4.78 is 0. The highest BCUT2D eigenvalue weighted by Gasteiger charge is 2.32. The monoisotopic (exact) mass is 140 g/mol. The summed E-state index contributed by atoms with van der Waals surface area (Å²) in [5, 5.41) is 10.4. The van der Waals surface area contributed by atoms with Crippen molar-refractivity contribution in [2.75, 3.05) is 13.7 Å². The molecule has 1 aliphatic rings. The largest absolute Gasteiger partial charge is 0.298 e. The number of hydroxylamine groups is 2. The van der Waals surface area contributed by atoms with Gasteiger partial charge < -0.3 is 0 Å². The molecule has 0 aromatic heterocycles. The van der Waals surface area contributed by atoms with Gasteiger partial charge in [0.25, 0.3) is 0 Å². The Kier molecular flexibility index (Phi) is 1.93. The average Bonchev–Trinajstić information content (AvgIpc) is 1.96. The summed E-state index contributed by atoms with van der Waals surface area (Å²) in [6, 6.07) is 2.23. The van der Waals surface area contributed by atoms with Crippen molar-refractivity contribution < 1.29 is 4.84 Å². The molecule has 0 amide bonds. The molecule has 1 atom stereocenters. The van der Waals surface area contributed by atoms with Crippen molar-refractivity contribution in [3.05, 3.63) is 0 Å². The third-order valence-corrected chi connectivity index (χ3v) is 2.03. The van der Waals surface area contributed by atoms with Crippen LogP contribution in [0, 0.1) is 11.3 Å². The molecule has 1 aliphatic heterocycles. The van der Waals surface area contributed by atoms with E-state index < -0.39 is 5.54 Å². The van der Waals surface area contributed by atoms with E-state index in [9.17, 15) is 0 Å². The van der Waals surface area contributed by atoms with Crippen LogP contribution < -0.4 is 0 Å². The second-order valence-corrected chi connectivity index (χ2v) is 2.82. The molecule has 0 radical (unpaired) electrons. The Morgan fingerprint density at radius 2 is 2.40 bits per heavy atom. The maximum Gasteiger partial charge on any atom is 0.129 e. The third-order valence-electron chi connectivity index (χ3n) is 2.03. The molecule has 1 unspecified atom stereocenters. The summed E-state index contributed by atoms with van der Waals surface area (Å²) in [5.74, 6) is 0. The van der Waals surface area contributed by atoms with Crippen LogP contribution in [0.3, 0.4) is 0 Å². The summed E-state index contributed by atoms with van der Waals surface area (Å²) in [4.78, 5) is 5.20. The van der Waals surface area contributed by atoms with Gasteiger partial charge >= 0.3 is 0 Å². The number of hydrogen-bond acceptors (Lipinski definition) is 3. The van der Waals surface area contributed by atoms with Crippen LogP contribution >= 0.6 is 0 Å². The molecule has 0 aromatic carbocycles. The number of nitrogens with zero attached hydrogens (tertiary/aromatic N) is 2. The molecule has 1 rings (SSSR count). The molecule has 0 aromatic rings. The smallest absolute Gasteiger partial charge is 0.129 e. The molecular weight excluding hydrogens is 128 g/mol. The number of hydrogen-bond donors (Lipinski definition) is 0. The van der Waals surface area contributed by atoms with E-state index in [0.717, 1.165) is 19.4 Å². The molecular formula is C7H12N2O. The molecule has 0 aliphatic carbocycles. The van der Waals surface area contributed by atoms with Gasteiger partial charge in [-0.15, -0.1) is 0 Å². The highest BCUT2D eigenvalue weighted by Crippen LogP contribution is 2.23. The summed E-state index contributed by atoms with van der Waals surface area (Å²) in [5.41, 5.74) is -0.405. The predicted octanol–water partition coefficient (Wildman–Crippen LogP) is 0.926. The standard InChI is InChI=1S/C7H12N2O/c1-7(6-8)4-3-5-10-9(7)2/h3-5H2,1-2H3. The minimum absolute atomic E-state index is 0.405. The van der Waals surface area contributed by atoms with Crippen LogP contribution in [-0.4, -0.2) is 24.3 Å². The Labute approximate surface area is 61.1 Å². The quantitative estimate of drug-likeness (QED) is 0.502. The van der Waals surface area contributed by atoms with E-state index in [1.807, 2.05) is 14.0 Å². The average molecular weight is 140 g/mol. The first-order valence-corrected chi connectivity index (χ1v) is 3.47. The zero-order valence-corrected chi connectivity index (χ0v) is 6.42. The van der Waals surface area contributed by atoms with Gasteiger partial charge in [-0.05, 0) is 19.8 Å². The van der Waals surface area contributed by atoms with Gasteiger partial charge in [0.05, 0.1) is 12.7 Å². The normalized spacial score (nSPS) is 35.3. The lowest BCUT2D eigenvalue weighted by atomic mass is 9.97. The van der Waals surface area contributed by atoms with Gasteiger partial charge in [0.2, 0.25) is 0 Å². The lowest BCUT2D eigenvalue weighted by Crippen LogP contribution is -2.46. The molecule has 1 fully saturated rings. The minimum atomic E-state index is -0.405. The molecule has 56 valence electrons. The van der Waals surface area contributed by atoms with Crippen molar-refractivity contribution in [2.24, 2.45) is 0 Å². The van der Waals surface area contributed by atoms with Gasteiger partial charge in [-0.1, -0.05) is 0 Å². The van der Waals surface area contributed by atoms with E-state index >= 15 is 0 Å². The van der Waals surface area contributed by atoms with Crippen molar-refractivity contribution in [3.63, 3.8) is 0 Å². The van der Waals surface area contributed by atoms with Crippen molar-refractivity contribution in [1.29, 1.82) is 5.26 Å². The molecule has 1 saturated heterocycles. The van der Waals surface area contributed by atoms with Crippen molar-refractivity contribution >= 4 is 0 Å². The van der Waals surface area contributed by atoms with Gasteiger partial charge in [-0.2, -0.15) is 10.3 Å². The molecule has 0 saturated carbocycles. The first kappa shape index (κ1) is 7.52. The Balaban J connectivity index is 2.65. The van der Waals surface area contributed by atoms with Crippen LogP contribution in [-0.2, 0) is 4.84 Å². The minimum Gasteiger partial charge on any atom is -0.298 e. The maximum absolute atomic E-state index is 8.75. The second kappa shape index (κ2) is 2.57. The van der Waals surface area contributed by atoms with Gasteiger partial charge in [-0.3, -0.25) is 4.84 Å². The Morgan fingerprint density at radius 1 is 1.70 bits per heavy atom. The molecule has 3 nitrogen and oxygen atoms in total. The number of nitriles is 1. The van der Waals surface area contributed by atoms with Crippen LogP contribution in [0.25, 0.3) is 0 Å². The molecule has 10 heavy (non-hydrogen) atoms. The van der Waals surface area contributed by atoms with E-state index in [1.54, 1.807) is 5.06 Å². The second-order valence-electron chi connectivity index (χ2n) is 2.82. The molecule has 0 spiro atoms. The lowest BCUT2D eigenvalue weighted by Gasteiger charge is -2.35. The van der Waals surface area contributed by atoms with E-state index in [-0.39, 0.29) is 0 Å².